The van der Waals surface area contributed by atoms with Crippen LogP contribution in [-0.2, 0) is 6.54 Å². The van der Waals surface area contributed by atoms with Gasteiger partial charge in [-0.3, -0.25) is 0 Å². The maximum Gasteiger partial charge on any atom is 0.123 e. The molecule has 94 valence electrons. The highest BCUT2D eigenvalue weighted by atomic mass is 127. The van der Waals surface area contributed by atoms with E-state index in [-0.39, 0.29) is 11.9 Å². The lowest BCUT2D eigenvalue weighted by molar-refractivity contribution is 0.565. The molecule has 0 spiro atoms. The molecule has 0 heterocycles. The Bertz CT molecular complexity index is 510. The van der Waals surface area contributed by atoms with Crippen molar-refractivity contribution in [1.29, 1.82) is 0 Å². The molecule has 3 heteroatoms. The van der Waals surface area contributed by atoms with Crippen LogP contribution in [0.5, 0.6) is 0 Å². The fourth-order valence-electron chi connectivity index (χ4n) is 1.77. The van der Waals surface area contributed by atoms with Crippen molar-refractivity contribution in [2.45, 2.75) is 19.5 Å². The Morgan fingerprint density at radius 2 is 1.89 bits per heavy atom. The third kappa shape index (κ3) is 3.78. The molecular weight excluding hydrogens is 340 g/mol. The second-order valence-corrected chi connectivity index (χ2v) is 5.53. The number of hydrogen-bond donors (Lipinski definition) is 1. The first kappa shape index (κ1) is 13.5. The standard InChI is InChI=1S/C15H15FIN/c1-11(13-3-2-4-14(16)9-13)18-10-12-5-7-15(17)8-6-12/h2-9,11,18H,10H2,1H3/t11-/m1/s1. The van der Waals surface area contributed by atoms with Gasteiger partial charge in [-0.05, 0) is 64.9 Å². The van der Waals surface area contributed by atoms with Crippen LogP contribution in [0, 0.1) is 9.39 Å². The SMILES string of the molecule is C[C@@H](NCc1ccc(I)cc1)c1cccc(F)c1. The molecule has 0 aliphatic heterocycles. The Balaban J connectivity index is 1.96. The third-order valence-corrected chi connectivity index (χ3v) is 3.59. The second kappa shape index (κ2) is 6.29. The summed E-state index contributed by atoms with van der Waals surface area (Å²) in [6, 6.07) is 15.2. The molecule has 2 rings (SSSR count). The molecule has 1 atom stereocenters. The molecule has 0 amide bonds. The highest BCUT2D eigenvalue weighted by molar-refractivity contribution is 14.1. The topological polar surface area (TPSA) is 12.0 Å². The van der Waals surface area contributed by atoms with Crippen LogP contribution in [0.25, 0.3) is 0 Å². The van der Waals surface area contributed by atoms with Gasteiger partial charge in [0.05, 0.1) is 0 Å². The van der Waals surface area contributed by atoms with Crippen molar-refractivity contribution < 1.29 is 4.39 Å². The minimum absolute atomic E-state index is 0.139. The van der Waals surface area contributed by atoms with Gasteiger partial charge < -0.3 is 5.32 Å². The summed E-state index contributed by atoms with van der Waals surface area (Å²) in [6.07, 6.45) is 0. The lowest BCUT2D eigenvalue weighted by atomic mass is 10.1. The summed E-state index contributed by atoms with van der Waals surface area (Å²) in [4.78, 5) is 0. The smallest absolute Gasteiger partial charge is 0.123 e. The van der Waals surface area contributed by atoms with Gasteiger partial charge in [0, 0.05) is 16.2 Å². The van der Waals surface area contributed by atoms with Crippen LogP contribution in [0.1, 0.15) is 24.1 Å². The van der Waals surface area contributed by atoms with Gasteiger partial charge in [0.2, 0.25) is 0 Å². The summed E-state index contributed by atoms with van der Waals surface area (Å²) in [7, 11) is 0. The van der Waals surface area contributed by atoms with Gasteiger partial charge in [-0.25, -0.2) is 4.39 Å². The monoisotopic (exact) mass is 355 g/mol. The van der Waals surface area contributed by atoms with E-state index in [0.29, 0.717) is 0 Å². The summed E-state index contributed by atoms with van der Waals surface area (Å²) in [5.74, 6) is -0.185. The minimum Gasteiger partial charge on any atom is -0.306 e. The van der Waals surface area contributed by atoms with Crippen molar-refractivity contribution in [3.63, 3.8) is 0 Å². The molecule has 0 radical (unpaired) electrons. The van der Waals surface area contributed by atoms with Crippen molar-refractivity contribution in [3.05, 3.63) is 69.0 Å². The predicted molar refractivity (Wildman–Crippen MR) is 80.8 cm³/mol. The lowest BCUT2D eigenvalue weighted by Gasteiger charge is -2.14. The third-order valence-electron chi connectivity index (χ3n) is 2.87. The van der Waals surface area contributed by atoms with E-state index >= 15 is 0 Å². The van der Waals surface area contributed by atoms with E-state index in [9.17, 15) is 4.39 Å². The average molecular weight is 355 g/mol. The molecule has 0 aliphatic carbocycles. The first-order valence-corrected chi connectivity index (χ1v) is 6.96. The number of benzene rings is 2. The number of nitrogens with one attached hydrogen (secondary N) is 1. The van der Waals surface area contributed by atoms with Gasteiger partial charge in [0.15, 0.2) is 0 Å². The van der Waals surface area contributed by atoms with Crippen LogP contribution in [-0.4, -0.2) is 0 Å². The first-order valence-electron chi connectivity index (χ1n) is 5.88. The summed E-state index contributed by atoms with van der Waals surface area (Å²) < 4.78 is 14.3. The molecule has 0 saturated heterocycles. The number of hydrogen-bond acceptors (Lipinski definition) is 1. The Labute approximate surface area is 121 Å². The molecule has 1 N–H and O–H groups in total. The summed E-state index contributed by atoms with van der Waals surface area (Å²) in [5.41, 5.74) is 2.21. The van der Waals surface area contributed by atoms with Crippen LogP contribution in [0.2, 0.25) is 0 Å². The highest BCUT2D eigenvalue weighted by Crippen LogP contribution is 2.14. The summed E-state index contributed by atoms with van der Waals surface area (Å²) >= 11 is 2.29. The van der Waals surface area contributed by atoms with E-state index in [4.69, 9.17) is 0 Å². The minimum atomic E-state index is -0.185. The molecule has 0 unspecified atom stereocenters. The maximum atomic E-state index is 13.1. The zero-order valence-electron chi connectivity index (χ0n) is 10.2. The van der Waals surface area contributed by atoms with E-state index < -0.39 is 0 Å². The van der Waals surface area contributed by atoms with Gasteiger partial charge in [-0.15, -0.1) is 0 Å². The molecule has 1 nitrogen and oxygen atoms in total. The van der Waals surface area contributed by atoms with Crippen molar-refractivity contribution >= 4 is 22.6 Å². The molecule has 0 fully saturated rings. The van der Waals surface area contributed by atoms with Crippen molar-refractivity contribution in [2.24, 2.45) is 0 Å². The Kier molecular flexibility index (Phi) is 4.72. The van der Waals surface area contributed by atoms with E-state index in [1.165, 1.54) is 15.2 Å². The summed E-state index contributed by atoms with van der Waals surface area (Å²) in [6.45, 7) is 2.83. The Hall–Kier alpha value is -0.940. The molecule has 0 saturated carbocycles. The molecule has 18 heavy (non-hydrogen) atoms. The number of halogens is 2. The van der Waals surface area contributed by atoms with E-state index in [1.54, 1.807) is 12.1 Å². The van der Waals surface area contributed by atoms with Crippen molar-refractivity contribution in [3.8, 4) is 0 Å². The quantitative estimate of drug-likeness (QED) is 0.808. The number of rotatable bonds is 4. The molecule has 0 aromatic heterocycles. The average Bonchev–Trinajstić information content (AvgIpc) is 2.38. The molecule has 2 aromatic carbocycles. The van der Waals surface area contributed by atoms with Crippen LogP contribution in [0.3, 0.4) is 0 Å². The van der Waals surface area contributed by atoms with Crippen molar-refractivity contribution in [2.75, 3.05) is 0 Å². The maximum absolute atomic E-state index is 13.1. The normalized spacial score (nSPS) is 12.4. The zero-order valence-corrected chi connectivity index (χ0v) is 12.3. The van der Waals surface area contributed by atoms with Gasteiger partial charge in [0.25, 0.3) is 0 Å². The molecule has 0 aliphatic rings. The van der Waals surface area contributed by atoms with Crippen LogP contribution >= 0.6 is 22.6 Å². The van der Waals surface area contributed by atoms with E-state index in [0.717, 1.165) is 12.1 Å². The van der Waals surface area contributed by atoms with E-state index in [1.807, 2.05) is 13.0 Å². The molecule has 2 aromatic rings. The first-order chi connectivity index (χ1) is 8.65. The summed E-state index contributed by atoms with van der Waals surface area (Å²) in [5, 5.41) is 3.39. The Morgan fingerprint density at radius 1 is 1.17 bits per heavy atom. The van der Waals surface area contributed by atoms with Crippen LogP contribution in [0.4, 0.5) is 4.39 Å². The van der Waals surface area contributed by atoms with Gasteiger partial charge >= 0.3 is 0 Å². The second-order valence-electron chi connectivity index (χ2n) is 4.28. The zero-order chi connectivity index (χ0) is 13.0. The Morgan fingerprint density at radius 3 is 2.56 bits per heavy atom. The largest absolute Gasteiger partial charge is 0.306 e. The molecular formula is C15H15FIN. The van der Waals surface area contributed by atoms with Gasteiger partial charge in [-0.1, -0.05) is 24.3 Å². The van der Waals surface area contributed by atoms with Crippen LogP contribution in [0.15, 0.2) is 48.5 Å². The van der Waals surface area contributed by atoms with Crippen LogP contribution < -0.4 is 5.32 Å². The van der Waals surface area contributed by atoms with Gasteiger partial charge in [-0.2, -0.15) is 0 Å². The highest BCUT2D eigenvalue weighted by Gasteiger charge is 2.05. The lowest BCUT2D eigenvalue weighted by Crippen LogP contribution is -2.18. The van der Waals surface area contributed by atoms with E-state index in [2.05, 4.69) is 52.2 Å². The predicted octanol–water partition coefficient (Wildman–Crippen LogP) is 4.28. The fourth-order valence-corrected chi connectivity index (χ4v) is 2.13. The van der Waals surface area contributed by atoms with Crippen molar-refractivity contribution in [1.82, 2.24) is 5.32 Å². The fraction of sp³-hybridized carbons (Fsp3) is 0.200. The molecule has 0 bridgehead atoms. The van der Waals surface area contributed by atoms with Gasteiger partial charge in [0.1, 0.15) is 5.82 Å².